The summed E-state index contributed by atoms with van der Waals surface area (Å²) in [6.07, 6.45) is 2.36. The van der Waals surface area contributed by atoms with Crippen LogP contribution in [-0.4, -0.2) is 5.75 Å². The lowest BCUT2D eigenvalue weighted by molar-refractivity contribution is 0.933. The molecule has 0 aromatic heterocycles. The number of rotatable bonds is 5. The summed E-state index contributed by atoms with van der Waals surface area (Å²) < 4.78 is 0. The Kier molecular flexibility index (Phi) is 4.71. The highest BCUT2D eigenvalue weighted by molar-refractivity contribution is 7.99. The number of hydrogen-bond acceptors (Lipinski definition) is 2. The van der Waals surface area contributed by atoms with E-state index in [9.17, 15) is 0 Å². The molecule has 0 unspecified atom stereocenters. The summed E-state index contributed by atoms with van der Waals surface area (Å²) in [5, 5.41) is 0. The summed E-state index contributed by atoms with van der Waals surface area (Å²) in [4.78, 5) is 1.31. The predicted octanol–water partition coefficient (Wildman–Crippen LogP) is 4.30. The molecular weight excluding hydrogens is 238 g/mol. The van der Waals surface area contributed by atoms with E-state index in [1.165, 1.54) is 22.4 Å². The molecule has 2 rings (SSSR count). The molecule has 2 aromatic carbocycles. The first-order valence-corrected chi connectivity index (χ1v) is 7.27. The summed E-state index contributed by atoms with van der Waals surface area (Å²) in [5.74, 6) is 1.15. The van der Waals surface area contributed by atoms with Gasteiger partial charge in [-0.1, -0.05) is 30.3 Å². The Bertz CT molecular complexity index is 494. The Balaban J connectivity index is 1.77. The van der Waals surface area contributed by atoms with Crippen molar-refractivity contribution in [3.05, 3.63) is 59.7 Å². The van der Waals surface area contributed by atoms with Crippen LogP contribution in [0.25, 0.3) is 0 Å². The molecule has 0 saturated carbocycles. The molecule has 0 fully saturated rings. The van der Waals surface area contributed by atoms with Crippen molar-refractivity contribution in [2.75, 3.05) is 11.5 Å². The van der Waals surface area contributed by atoms with E-state index in [1.54, 1.807) is 0 Å². The number of benzene rings is 2. The molecule has 0 aliphatic heterocycles. The van der Waals surface area contributed by atoms with Gasteiger partial charge in [0.1, 0.15) is 0 Å². The number of nitrogens with two attached hydrogens (primary N) is 1. The molecule has 2 heteroatoms. The van der Waals surface area contributed by atoms with Crippen LogP contribution in [0.3, 0.4) is 0 Å². The van der Waals surface area contributed by atoms with Gasteiger partial charge in [-0.15, -0.1) is 11.8 Å². The fraction of sp³-hybridized carbons (Fsp3) is 0.250. The van der Waals surface area contributed by atoms with Crippen molar-refractivity contribution >= 4 is 17.4 Å². The van der Waals surface area contributed by atoms with Gasteiger partial charge in [0, 0.05) is 10.6 Å². The van der Waals surface area contributed by atoms with Gasteiger partial charge < -0.3 is 5.73 Å². The van der Waals surface area contributed by atoms with Crippen molar-refractivity contribution in [3.8, 4) is 0 Å². The molecule has 2 N–H and O–H groups in total. The summed E-state index contributed by atoms with van der Waals surface area (Å²) in [6, 6.07) is 16.9. The average molecular weight is 257 g/mol. The maximum Gasteiger partial charge on any atom is 0.0344 e. The lowest BCUT2D eigenvalue weighted by Crippen LogP contribution is -1.90. The molecule has 0 aliphatic carbocycles. The molecule has 0 radical (unpaired) electrons. The van der Waals surface area contributed by atoms with Crippen LogP contribution < -0.4 is 5.73 Å². The molecule has 0 amide bonds. The molecule has 2 aromatic rings. The van der Waals surface area contributed by atoms with Crippen LogP contribution in [0.15, 0.2) is 53.4 Å². The largest absolute Gasteiger partial charge is 0.399 e. The van der Waals surface area contributed by atoms with E-state index >= 15 is 0 Å². The highest BCUT2D eigenvalue weighted by Gasteiger charge is 1.98. The van der Waals surface area contributed by atoms with Gasteiger partial charge in [0.05, 0.1) is 0 Å². The smallest absolute Gasteiger partial charge is 0.0344 e. The van der Waals surface area contributed by atoms with Gasteiger partial charge in [0.2, 0.25) is 0 Å². The second-order valence-electron chi connectivity index (χ2n) is 4.46. The second-order valence-corrected chi connectivity index (χ2v) is 5.62. The molecule has 0 saturated heterocycles. The molecule has 0 spiro atoms. The average Bonchev–Trinajstić information content (AvgIpc) is 2.40. The third-order valence-electron chi connectivity index (χ3n) is 2.96. The zero-order chi connectivity index (χ0) is 12.8. The van der Waals surface area contributed by atoms with Gasteiger partial charge >= 0.3 is 0 Å². The van der Waals surface area contributed by atoms with E-state index in [1.807, 2.05) is 17.8 Å². The van der Waals surface area contributed by atoms with Crippen molar-refractivity contribution in [1.29, 1.82) is 0 Å². The SMILES string of the molecule is Cc1cc(SCCCc2ccccc2)ccc1N. The lowest BCUT2D eigenvalue weighted by Gasteiger charge is -2.05. The van der Waals surface area contributed by atoms with E-state index < -0.39 is 0 Å². The second kappa shape index (κ2) is 6.50. The fourth-order valence-electron chi connectivity index (χ4n) is 1.85. The molecular formula is C16H19NS. The normalized spacial score (nSPS) is 10.5. The fourth-order valence-corrected chi connectivity index (χ4v) is 2.80. The Morgan fingerprint density at radius 3 is 2.56 bits per heavy atom. The minimum atomic E-state index is 0.878. The Labute approximate surface area is 113 Å². The topological polar surface area (TPSA) is 26.0 Å². The monoisotopic (exact) mass is 257 g/mol. The van der Waals surface area contributed by atoms with Crippen molar-refractivity contribution < 1.29 is 0 Å². The molecule has 94 valence electrons. The van der Waals surface area contributed by atoms with Crippen LogP contribution in [0.2, 0.25) is 0 Å². The standard InChI is InChI=1S/C16H19NS/c1-13-12-15(9-10-16(13)17)18-11-5-8-14-6-3-2-4-7-14/h2-4,6-7,9-10,12H,5,8,11,17H2,1H3. The van der Waals surface area contributed by atoms with Gasteiger partial charge in [0.15, 0.2) is 0 Å². The van der Waals surface area contributed by atoms with Crippen molar-refractivity contribution in [2.24, 2.45) is 0 Å². The molecule has 0 heterocycles. The predicted molar refractivity (Wildman–Crippen MR) is 81.1 cm³/mol. The van der Waals surface area contributed by atoms with E-state index in [-0.39, 0.29) is 0 Å². The number of thioether (sulfide) groups is 1. The number of nitrogen functional groups attached to an aromatic ring is 1. The number of hydrogen-bond donors (Lipinski definition) is 1. The lowest BCUT2D eigenvalue weighted by atomic mass is 10.1. The maximum atomic E-state index is 5.81. The molecule has 1 nitrogen and oxygen atoms in total. The Morgan fingerprint density at radius 2 is 1.83 bits per heavy atom. The molecule has 0 atom stereocenters. The van der Waals surface area contributed by atoms with Crippen molar-refractivity contribution in [2.45, 2.75) is 24.7 Å². The van der Waals surface area contributed by atoms with Crippen LogP contribution in [0, 0.1) is 6.92 Å². The van der Waals surface area contributed by atoms with Gasteiger partial charge in [-0.05, 0) is 54.8 Å². The highest BCUT2D eigenvalue weighted by Crippen LogP contribution is 2.23. The van der Waals surface area contributed by atoms with E-state index in [2.05, 4.69) is 49.4 Å². The van der Waals surface area contributed by atoms with Gasteiger partial charge in [0.25, 0.3) is 0 Å². The van der Waals surface area contributed by atoms with Crippen LogP contribution >= 0.6 is 11.8 Å². The molecule has 18 heavy (non-hydrogen) atoms. The third kappa shape index (κ3) is 3.81. The van der Waals surface area contributed by atoms with Gasteiger partial charge in [-0.2, -0.15) is 0 Å². The summed E-state index contributed by atoms with van der Waals surface area (Å²) in [7, 11) is 0. The Morgan fingerprint density at radius 1 is 1.06 bits per heavy atom. The van der Waals surface area contributed by atoms with Gasteiger partial charge in [-0.25, -0.2) is 0 Å². The Hall–Kier alpha value is -1.41. The van der Waals surface area contributed by atoms with Crippen molar-refractivity contribution in [1.82, 2.24) is 0 Å². The number of aryl methyl sites for hydroxylation is 2. The van der Waals surface area contributed by atoms with Crippen molar-refractivity contribution in [3.63, 3.8) is 0 Å². The first-order valence-electron chi connectivity index (χ1n) is 6.28. The number of anilines is 1. The minimum absolute atomic E-state index is 0.878. The van der Waals surface area contributed by atoms with Gasteiger partial charge in [-0.3, -0.25) is 0 Å². The summed E-state index contributed by atoms with van der Waals surface area (Å²) in [5.41, 5.74) is 9.28. The maximum absolute atomic E-state index is 5.81. The minimum Gasteiger partial charge on any atom is -0.399 e. The highest BCUT2D eigenvalue weighted by atomic mass is 32.2. The first-order chi connectivity index (χ1) is 8.75. The summed E-state index contributed by atoms with van der Waals surface area (Å²) in [6.45, 7) is 2.06. The third-order valence-corrected chi connectivity index (χ3v) is 4.04. The molecule has 0 bridgehead atoms. The van der Waals surface area contributed by atoms with Crippen LogP contribution in [0.1, 0.15) is 17.5 Å². The van der Waals surface area contributed by atoms with E-state index in [0.717, 1.165) is 17.9 Å². The zero-order valence-corrected chi connectivity index (χ0v) is 11.5. The van der Waals surface area contributed by atoms with E-state index in [0.29, 0.717) is 0 Å². The quantitative estimate of drug-likeness (QED) is 0.491. The van der Waals surface area contributed by atoms with E-state index in [4.69, 9.17) is 5.73 Å². The first kappa shape index (κ1) is 13.0. The molecule has 0 aliphatic rings. The van der Waals surface area contributed by atoms with Crippen LogP contribution in [0.4, 0.5) is 5.69 Å². The van der Waals surface area contributed by atoms with Crippen LogP contribution in [0.5, 0.6) is 0 Å². The van der Waals surface area contributed by atoms with Crippen LogP contribution in [-0.2, 0) is 6.42 Å². The summed E-state index contributed by atoms with van der Waals surface area (Å²) >= 11 is 1.91. The zero-order valence-electron chi connectivity index (χ0n) is 10.7.